The first-order chi connectivity index (χ1) is 16.3. The van der Waals surface area contributed by atoms with E-state index in [1.54, 1.807) is 4.90 Å². The third-order valence-corrected chi connectivity index (χ3v) is 7.27. The van der Waals surface area contributed by atoms with Crippen LogP contribution in [0.2, 0.25) is 0 Å². The summed E-state index contributed by atoms with van der Waals surface area (Å²) in [5.41, 5.74) is -2.45. The summed E-state index contributed by atoms with van der Waals surface area (Å²) in [7, 11) is 0. The van der Waals surface area contributed by atoms with Crippen LogP contribution in [0.5, 0.6) is 0 Å². The van der Waals surface area contributed by atoms with Crippen molar-refractivity contribution < 1.29 is 35.9 Å². The van der Waals surface area contributed by atoms with Gasteiger partial charge in [-0.25, -0.2) is 0 Å². The fourth-order valence-corrected chi connectivity index (χ4v) is 5.05. The fraction of sp³-hybridized carbons (Fsp3) is 0.522. The molecule has 0 N–H and O–H groups in total. The zero-order valence-electron chi connectivity index (χ0n) is 18.5. The molecule has 1 aliphatic carbocycles. The third-order valence-electron chi connectivity index (χ3n) is 7.27. The molecular weight excluding hydrogens is 478 g/mol. The molecule has 1 aromatic heterocycles. The Bertz CT molecular complexity index is 1140. The Morgan fingerprint density at radius 2 is 1.54 bits per heavy atom. The Labute approximate surface area is 196 Å². The molecule has 2 aromatic rings. The predicted octanol–water partition coefficient (Wildman–Crippen LogP) is 3.97. The van der Waals surface area contributed by atoms with Crippen LogP contribution in [0.25, 0.3) is 0 Å². The van der Waals surface area contributed by atoms with E-state index in [9.17, 15) is 35.9 Å². The molecule has 0 bridgehead atoms. The van der Waals surface area contributed by atoms with Gasteiger partial charge in [0.25, 0.3) is 5.91 Å². The van der Waals surface area contributed by atoms with Crippen molar-refractivity contribution in [2.75, 3.05) is 26.2 Å². The van der Waals surface area contributed by atoms with Gasteiger partial charge in [0.2, 0.25) is 5.91 Å². The van der Waals surface area contributed by atoms with Gasteiger partial charge in [0, 0.05) is 37.8 Å². The summed E-state index contributed by atoms with van der Waals surface area (Å²) >= 11 is 0. The molecule has 3 heterocycles. The summed E-state index contributed by atoms with van der Waals surface area (Å²) in [6.07, 6.45) is -5.79. The van der Waals surface area contributed by atoms with E-state index in [1.165, 1.54) is 34.1 Å². The van der Waals surface area contributed by atoms with E-state index >= 15 is 0 Å². The van der Waals surface area contributed by atoms with E-state index in [1.807, 2.05) is 0 Å². The molecule has 1 spiro atoms. The topological polar surface area (TPSA) is 58.4 Å². The number of carbonyl (C=O) groups excluding carboxylic acids is 2. The molecule has 2 amide bonds. The number of likely N-dealkylation sites (tertiary alicyclic amines) is 2. The highest BCUT2D eigenvalue weighted by Crippen LogP contribution is 2.59. The molecule has 0 atom stereocenters. The van der Waals surface area contributed by atoms with Crippen LogP contribution in [0.1, 0.15) is 40.7 Å². The molecule has 188 valence electrons. The minimum Gasteiger partial charge on any atom is -0.341 e. The van der Waals surface area contributed by atoms with Gasteiger partial charge in [-0.05, 0) is 37.0 Å². The third kappa shape index (κ3) is 4.16. The first kappa shape index (κ1) is 23.7. The average Bonchev–Trinajstić information content (AvgIpc) is 3.26. The largest absolute Gasteiger partial charge is 0.416 e. The highest BCUT2D eigenvalue weighted by molar-refractivity contribution is 5.94. The molecule has 12 heteroatoms. The van der Waals surface area contributed by atoms with Crippen LogP contribution in [0.4, 0.5) is 26.3 Å². The number of hydrogen-bond acceptors (Lipinski definition) is 3. The molecule has 5 rings (SSSR count). The van der Waals surface area contributed by atoms with Gasteiger partial charge in [-0.15, -0.1) is 0 Å². The van der Waals surface area contributed by atoms with Gasteiger partial charge >= 0.3 is 12.4 Å². The Morgan fingerprint density at radius 1 is 0.914 bits per heavy atom. The maximum Gasteiger partial charge on any atom is 0.416 e. The SMILES string of the molecule is O=C(c1cnn(Cc2ccc(C(F)(F)F)cc2)c1)N1CCC2(C1)CN(C(=O)C1(C(F)(F)F)CC1)C2. The fourth-order valence-electron chi connectivity index (χ4n) is 5.05. The normalized spacial score (nSPS) is 20.7. The summed E-state index contributed by atoms with van der Waals surface area (Å²) in [6, 6.07) is 4.68. The van der Waals surface area contributed by atoms with E-state index in [0.29, 0.717) is 30.6 Å². The molecule has 3 aliphatic rings. The number of benzene rings is 1. The van der Waals surface area contributed by atoms with E-state index in [-0.39, 0.29) is 43.8 Å². The standard InChI is InChI=1S/C23H22F6N4O2/c24-22(25,26)17-3-1-15(2-4-17)10-33-11-16(9-30-33)18(34)31-8-7-20(12-31)13-32(14-20)19(35)21(5-6-21)23(27,28)29/h1-4,9,11H,5-8,10,12-14H2. The molecule has 1 saturated carbocycles. The van der Waals surface area contributed by atoms with Gasteiger partial charge in [-0.1, -0.05) is 12.1 Å². The molecule has 3 fully saturated rings. The lowest BCUT2D eigenvalue weighted by Gasteiger charge is -2.49. The van der Waals surface area contributed by atoms with Crippen LogP contribution in [0.15, 0.2) is 36.7 Å². The molecular formula is C23H22F6N4O2. The van der Waals surface area contributed by atoms with Crippen LogP contribution in [-0.4, -0.2) is 63.7 Å². The Morgan fingerprint density at radius 3 is 2.11 bits per heavy atom. The van der Waals surface area contributed by atoms with Crippen LogP contribution in [0.3, 0.4) is 0 Å². The maximum atomic E-state index is 13.2. The van der Waals surface area contributed by atoms with E-state index in [0.717, 1.165) is 12.1 Å². The average molecular weight is 500 g/mol. The van der Waals surface area contributed by atoms with Crippen molar-refractivity contribution in [1.29, 1.82) is 0 Å². The van der Waals surface area contributed by atoms with Crippen molar-refractivity contribution in [2.24, 2.45) is 10.8 Å². The first-order valence-electron chi connectivity index (χ1n) is 11.2. The van der Waals surface area contributed by atoms with Gasteiger partial charge in [0.05, 0.1) is 23.9 Å². The molecule has 35 heavy (non-hydrogen) atoms. The highest BCUT2D eigenvalue weighted by Gasteiger charge is 2.70. The van der Waals surface area contributed by atoms with Crippen molar-refractivity contribution in [1.82, 2.24) is 19.6 Å². The van der Waals surface area contributed by atoms with E-state index < -0.39 is 29.2 Å². The number of halogens is 6. The van der Waals surface area contributed by atoms with Crippen LogP contribution in [-0.2, 0) is 17.5 Å². The molecule has 0 radical (unpaired) electrons. The summed E-state index contributed by atoms with van der Waals surface area (Å²) in [6.45, 7) is 1.38. The number of amides is 2. The van der Waals surface area contributed by atoms with Crippen molar-refractivity contribution in [3.05, 3.63) is 53.3 Å². The van der Waals surface area contributed by atoms with Gasteiger partial charge < -0.3 is 9.80 Å². The summed E-state index contributed by atoms with van der Waals surface area (Å²) in [4.78, 5) is 28.2. The van der Waals surface area contributed by atoms with Crippen LogP contribution in [0, 0.1) is 10.8 Å². The van der Waals surface area contributed by atoms with Crippen LogP contribution < -0.4 is 0 Å². The van der Waals surface area contributed by atoms with Crippen LogP contribution >= 0.6 is 0 Å². The van der Waals surface area contributed by atoms with Gasteiger partial charge in [0.1, 0.15) is 5.41 Å². The lowest BCUT2D eigenvalue weighted by atomic mass is 9.78. The summed E-state index contributed by atoms with van der Waals surface area (Å²) in [5.74, 6) is -1.13. The van der Waals surface area contributed by atoms with Gasteiger partial charge in [0.15, 0.2) is 0 Å². The quantitative estimate of drug-likeness (QED) is 0.598. The second-order valence-corrected chi connectivity index (χ2v) is 9.84. The zero-order chi connectivity index (χ0) is 25.2. The minimum atomic E-state index is -4.54. The lowest BCUT2D eigenvalue weighted by molar-refractivity contribution is -0.204. The van der Waals surface area contributed by atoms with Gasteiger partial charge in [-0.2, -0.15) is 31.4 Å². The number of nitrogens with zero attached hydrogens (tertiary/aromatic N) is 4. The second-order valence-electron chi connectivity index (χ2n) is 9.84. The number of carbonyl (C=O) groups is 2. The minimum absolute atomic E-state index is 0.167. The molecule has 1 aromatic carbocycles. The molecule has 0 unspecified atom stereocenters. The Kier molecular flexibility index (Phi) is 5.23. The van der Waals surface area contributed by atoms with Crippen molar-refractivity contribution in [2.45, 2.75) is 38.2 Å². The van der Waals surface area contributed by atoms with E-state index in [2.05, 4.69) is 5.10 Å². The van der Waals surface area contributed by atoms with Crippen molar-refractivity contribution in [3.63, 3.8) is 0 Å². The Hall–Kier alpha value is -3.05. The molecule has 2 aliphatic heterocycles. The zero-order valence-corrected chi connectivity index (χ0v) is 18.5. The summed E-state index contributed by atoms with van der Waals surface area (Å²) in [5, 5.41) is 4.13. The van der Waals surface area contributed by atoms with Crippen molar-refractivity contribution >= 4 is 11.8 Å². The smallest absolute Gasteiger partial charge is 0.341 e. The number of hydrogen-bond donors (Lipinski definition) is 0. The monoisotopic (exact) mass is 500 g/mol. The highest BCUT2D eigenvalue weighted by atomic mass is 19.4. The number of aromatic nitrogens is 2. The number of rotatable bonds is 4. The first-order valence-corrected chi connectivity index (χ1v) is 11.2. The summed E-state index contributed by atoms with van der Waals surface area (Å²) < 4.78 is 79.3. The van der Waals surface area contributed by atoms with Crippen molar-refractivity contribution in [3.8, 4) is 0 Å². The molecule has 6 nitrogen and oxygen atoms in total. The van der Waals surface area contributed by atoms with Gasteiger partial charge in [-0.3, -0.25) is 14.3 Å². The molecule has 2 saturated heterocycles. The second kappa shape index (κ2) is 7.72. The van der Waals surface area contributed by atoms with E-state index in [4.69, 9.17) is 0 Å². The predicted molar refractivity (Wildman–Crippen MR) is 110 cm³/mol. The Balaban J connectivity index is 1.17. The maximum absolute atomic E-state index is 13.2. The number of alkyl halides is 6. The lowest BCUT2D eigenvalue weighted by Crippen LogP contribution is -2.62.